The summed E-state index contributed by atoms with van der Waals surface area (Å²) in [7, 11) is -2.51. The summed E-state index contributed by atoms with van der Waals surface area (Å²) in [6.07, 6.45) is 0.854. The van der Waals surface area contributed by atoms with Crippen molar-refractivity contribution in [2.75, 3.05) is 32.1 Å². The minimum atomic E-state index is -3.94. The van der Waals surface area contributed by atoms with Crippen molar-refractivity contribution in [2.24, 2.45) is 0 Å². The summed E-state index contributed by atoms with van der Waals surface area (Å²) in [4.78, 5) is 10.0. The second-order valence-electron chi connectivity index (χ2n) is 4.26. The topological polar surface area (TPSA) is 111 Å². The highest BCUT2D eigenvalue weighted by Crippen LogP contribution is 2.27. The van der Waals surface area contributed by atoms with Gasteiger partial charge in [-0.25, -0.2) is 13.1 Å². The molecule has 0 saturated carbocycles. The molecule has 1 aromatic carbocycles. The van der Waals surface area contributed by atoms with Gasteiger partial charge in [-0.2, -0.15) is 0 Å². The Morgan fingerprint density at radius 3 is 2.62 bits per heavy atom. The van der Waals surface area contributed by atoms with Gasteiger partial charge in [0.1, 0.15) is 0 Å². The normalized spacial score (nSPS) is 11.3. The lowest BCUT2D eigenvalue weighted by atomic mass is 10.2. The Bertz CT molecular complexity index is 589. The van der Waals surface area contributed by atoms with Crippen LogP contribution in [-0.4, -0.2) is 40.1 Å². The third-order valence-electron chi connectivity index (χ3n) is 2.62. The zero-order chi connectivity index (χ0) is 15.9. The zero-order valence-corrected chi connectivity index (χ0v) is 12.8. The Kier molecular flexibility index (Phi) is 6.53. The molecule has 0 aromatic heterocycles. The van der Waals surface area contributed by atoms with E-state index in [1.807, 2.05) is 6.92 Å². The summed E-state index contributed by atoms with van der Waals surface area (Å²) in [5.41, 5.74) is 0.0559. The van der Waals surface area contributed by atoms with Crippen molar-refractivity contribution < 1.29 is 18.1 Å². The van der Waals surface area contributed by atoms with Gasteiger partial charge in [-0.1, -0.05) is 6.92 Å². The van der Waals surface area contributed by atoms with Crippen LogP contribution in [0, 0.1) is 10.1 Å². The first-order valence-electron chi connectivity index (χ1n) is 6.43. The van der Waals surface area contributed by atoms with Crippen molar-refractivity contribution in [1.82, 2.24) is 4.72 Å². The molecule has 0 unspecified atom stereocenters. The van der Waals surface area contributed by atoms with E-state index in [4.69, 9.17) is 4.74 Å². The molecule has 1 aromatic rings. The number of hydrogen-bond acceptors (Lipinski definition) is 6. The number of nitrogens with one attached hydrogen (secondary N) is 2. The van der Waals surface area contributed by atoms with E-state index in [0.717, 1.165) is 6.42 Å². The monoisotopic (exact) mass is 317 g/mol. The van der Waals surface area contributed by atoms with Crippen molar-refractivity contribution in [2.45, 2.75) is 18.2 Å². The Balaban J connectivity index is 3.08. The number of anilines is 1. The summed E-state index contributed by atoms with van der Waals surface area (Å²) < 4.78 is 31.1. The van der Waals surface area contributed by atoms with Crippen LogP contribution < -0.4 is 10.0 Å². The number of sulfonamides is 1. The van der Waals surface area contributed by atoms with E-state index in [-0.39, 0.29) is 18.0 Å². The van der Waals surface area contributed by atoms with Crippen molar-refractivity contribution in [3.8, 4) is 0 Å². The predicted octanol–water partition coefficient (Wildman–Crippen LogP) is 1.34. The van der Waals surface area contributed by atoms with Crippen LogP contribution in [0.15, 0.2) is 23.1 Å². The van der Waals surface area contributed by atoms with Crippen LogP contribution in [0.5, 0.6) is 0 Å². The van der Waals surface area contributed by atoms with Gasteiger partial charge in [0.05, 0.1) is 11.5 Å². The smallest absolute Gasteiger partial charge is 0.291 e. The Hall–Kier alpha value is -1.71. The molecule has 0 aliphatic carbocycles. The van der Waals surface area contributed by atoms with Crippen LogP contribution in [-0.2, 0) is 14.8 Å². The van der Waals surface area contributed by atoms with E-state index in [9.17, 15) is 18.5 Å². The second kappa shape index (κ2) is 7.91. The van der Waals surface area contributed by atoms with Gasteiger partial charge in [0, 0.05) is 32.0 Å². The van der Waals surface area contributed by atoms with E-state index in [1.54, 1.807) is 0 Å². The van der Waals surface area contributed by atoms with E-state index in [2.05, 4.69) is 10.0 Å². The molecule has 0 fully saturated rings. The largest absolute Gasteiger partial charge is 0.385 e. The number of benzene rings is 1. The molecule has 2 N–H and O–H groups in total. The maximum absolute atomic E-state index is 12.1. The molecule has 0 atom stereocenters. The lowest BCUT2D eigenvalue weighted by Gasteiger charge is -2.09. The molecule has 8 nitrogen and oxygen atoms in total. The first-order chi connectivity index (χ1) is 9.92. The van der Waals surface area contributed by atoms with Crippen LogP contribution in [0.4, 0.5) is 11.4 Å². The second-order valence-corrected chi connectivity index (χ2v) is 5.99. The zero-order valence-electron chi connectivity index (χ0n) is 12.0. The molecule has 0 aliphatic rings. The van der Waals surface area contributed by atoms with Gasteiger partial charge in [0.25, 0.3) is 5.69 Å². The fourth-order valence-corrected chi connectivity index (χ4v) is 2.79. The molecular formula is C12H19N3O5S. The first kappa shape index (κ1) is 17.3. The van der Waals surface area contributed by atoms with Gasteiger partial charge in [-0.3, -0.25) is 10.1 Å². The Morgan fingerprint density at radius 2 is 2.05 bits per heavy atom. The van der Waals surface area contributed by atoms with Crippen molar-refractivity contribution in [3.05, 3.63) is 28.3 Å². The lowest BCUT2D eigenvalue weighted by molar-refractivity contribution is -0.387. The SMILES string of the molecule is CCCNc1ccc(S(=O)(=O)NCCOC)c([N+](=O)[O-])c1. The summed E-state index contributed by atoms with van der Waals surface area (Å²) in [5.74, 6) is 0. The number of nitro groups is 1. The highest BCUT2D eigenvalue weighted by atomic mass is 32.2. The van der Waals surface area contributed by atoms with Crippen molar-refractivity contribution in [1.29, 1.82) is 0 Å². The highest BCUT2D eigenvalue weighted by molar-refractivity contribution is 7.89. The number of nitro benzene ring substituents is 1. The van der Waals surface area contributed by atoms with Gasteiger partial charge in [-0.05, 0) is 18.6 Å². The van der Waals surface area contributed by atoms with Gasteiger partial charge >= 0.3 is 0 Å². The third-order valence-corrected chi connectivity index (χ3v) is 4.13. The molecule has 0 bridgehead atoms. The summed E-state index contributed by atoms with van der Waals surface area (Å²) >= 11 is 0. The van der Waals surface area contributed by atoms with Gasteiger partial charge < -0.3 is 10.1 Å². The van der Waals surface area contributed by atoms with Gasteiger partial charge in [-0.15, -0.1) is 0 Å². The molecule has 118 valence electrons. The summed E-state index contributed by atoms with van der Waals surface area (Å²) in [6, 6.07) is 3.96. The van der Waals surface area contributed by atoms with Crippen LogP contribution in [0.3, 0.4) is 0 Å². The molecule has 0 aliphatic heterocycles. The van der Waals surface area contributed by atoms with Crippen LogP contribution in [0.2, 0.25) is 0 Å². The number of nitrogens with zero attached hydrogens (tertiary/aromatic N) is 1. The fourth-order valence-electron chi connectivity index (χ4n) is 1.62. The van der Waals surface area contributed by atoms with Crippen LogP contribution >= 0.6 is 0 Å². The number of rotatable bonds is 9. The van der Waals surface area contributed by atoms with Crippen molar-refractivity contribution >= 4 is 21.4 Å². The number of ether oxygens (including phenoxy) is 1. The van der Waals surface area contributed by atoms with E-state index < -0.39 is 20.6 Å². The van der Waals surface area contributed by atoms with Crippen LogP contribution in [0.1, 0.15) is 13.3 Å². The van der Waals surface area contributed by atoms with E-state index in [0.29, 0.717) is 12.2 Å². The number of hydrogen-bond donors (Lipinski definition) is 2. The Morgan fingerprint density at radius 1 is 1.33 bits per heavy atom. The molecule has 9 heteroatoms. The minimum Gasteiger partial charge on any atom is -0.385 e. The third kappa shape index (κ3) is 4.96. The lowest BCUT2D eigenvalue weighted by Crippen LogP contribution is -2.27. The molecule has 0 saturated heterocycles. The predicted molar refractivity (Wildman–Crippen MR) is 78.9 cm³/mol. The van der Waals surface area contributed by atoms with E-state index in [1.165, 1.54) is 25.3 Å². The fraction of sp³-hybridized carbons (Fsp3) is 0.500. The average molecular weight is 317 g/mol. The molecule has 21 heavy (non-hydrogen) atoms. The molecular weight excluding hydrogens is 298 g/mol. The maximum Gasteiger partial charge on any atom is 0.291 e. The summed E-state index contributed by atoms with van der Waals surface area (Å²) in [5, 5.41) is 14.1. The maximum atomic E-state index is 12.1. The Labute approximate surface area is 123 Å². The molecule has 0 radical (unpaired) electrons. The summed E-state index contributed by atoms with van der Waals surface area (Å²) in [6.45, 7) is 2.84. The molecule has 0 spiro atoms. The number of methoxy groups -OCH3 is 1. The van der Waals surface area contributed by atoms with E-state index >= 15 is 0 Å². The quantitative estimate of drug-likeness (QED) is 0.404. The molecule has 0 amide bonds. The van der Waals surface area contributed by atoms with Crippen molar-refractivity contribution in [3.63, 3.8) is 0 Å². The first-order valence-corrected chi connectivity index (χ1v) is 7.91. The van der Waals surface area contributed by atoms with Gasteiger partial charge in [0.2, 0.25) is 10.0 Å². The van der Waals surface area contributed by atoms with Gasteiger partial charge in [0.15, 0.2) is 4.90 Å². The highest BCUT2D eigenvalue weighted by Gasteiger charge is 2.25. The molecule has 0 heterocycles. The standard InChI is InChI=1S/C12H19N3O5S/c1-3-6-13-10-4-5-12(11(9-10)15(16)17)21(18,19)14-7-8-20-2/h4-5,9,13-14H,3,6-8H2,1-2H3. The van der Waals surface area contributed by atoms with Crippen LogP contribution in [0.25, 0.3) is 0 Å². The minimum absolute atomic E-state index is 0.0474. The average Bonchev–Trinajstić information content (AvgIpc) is 2.44. The molecule has 1 rings (SSSR count).